The molecular formula is C15H12N2O4. The van der Waals surface area contributed by atoms with Gasteiger partial charge in [0.1, 0.15) is 11.8 Å². The third-order valence-corrected chi connectivity index (χ3v) is 3.45. The number of hydrogen-bond donors (Lipinski definition) is 2. The van der Waals surface area contributed by atoms with Gasteiger partial charge < -0.3 is 10.2 Å². The Hall–Kier alpha value is -2.89. The number of rotatable bonds is 2. The van der Waals surface area contributed by atoms with Crippen molar-refractivity contribution < 1.29 is 19.8 Å². The molecule has 2 heterocycles. The lowest BCUT2D eigenvalue weighted by molar-refractivity contribution is -0.138. The summed E-state index contributed by atoms with van der Waals surface area (Å²) in [6.45, 7) is 0. The van der Waals surface area contributed by atoms with Crippen molar-refractivity contribution in [3.8, 4) is 5.75 Å². The van der Waals surface area contributed by atoms with E-state index in [2.05, 4.69) is 4.98 Å². The Morgan fingerprint density at radius 3 is 2.71 bits per heavy atom. The first-order chi connectivity index (χ1) is 10.1. The average Bonchev–Trinajstić information content (AvgIpc) is 2.86. The maximum Gasteiger partial charge on any atom is 0.327 e. The molecule has 6 nitrogen and oxygen atoms in total. The van der Waals surface area contributed by atoms with E-state index in [1.54, 1.807) is 18.2 Å². The SMILES string of the molecule is O=C(O)C1Cc2ccccc2N1C(=O)c1cncc(O)c1. The minimum Gasteiger partial charge on any atom is -0.506 e. The van der Waals surface area contributed by atoms with Crippen molar-refractivity contribution in [2.45, 2.75) is 12.5 Å². The van der Waals surface area contributed by atoms with Crippen LogP contribution < -0.4 is 4.90 Å². The number of anilines is 1. The van der Waals surface area contributed by atoms with Crippen LogP contribution in [-0.4, -0.2) is 33.1 Å². The second-order valence-electron chi connectivity index (χ2n) is 4.79. The molecule has 1 amide bonds. The molecule has 0 fully saturated rings. The molecule has 1 aliphatic rings. The Balaban J connectivity index is 2.05. The van der Waals surface area contributed by atoms with Gasteiger partial charge in [-0.1, -0.05) is 18.2 Å². The van der Waals surface area contributed by atoms with Gasteiger partial charge in [-0.15, -0.1) is 0 Å². The summed E-state index contributed by atoms with van der Waals surface area (Å²) in [5.74, 6) is -1.69. The summed E-state index contributed by atoms with van der Waals surface area (Å²) in [6.07, 6.45) is 2.79. The summed E-state index contributed by atoms with van der Waals surface area (Å²) in [5.41, 5.74) is 1.54. The molecule has 0 saturated carbocycles. The number of hydrogen-bond acceptors (Lipinski definition) is 4. The summed E-state index contributed by atoms with van der Waals surface area (Å²) < 4.78 is 0. The largest absolute Gasteiger partial charge is 0.506 e. The Labute approximate surface area is 120 Å². The summed E-state index contributed by atoms with van der Waals surface area (Å²) in [5, 5.41) is 18.8. The van der Waals surface area contributed by atoms with Gasteiger partial charge >= 0.3 is 5.97 Å². The predicted molar refractivity (Wildman–Crippen MR) is 74.3 cm³/mol. The van der Waals surface area contributed by atoms with Gasteiger partial charge in [0.15, 0.2) is 0 Å². The highest BCUT2D eigenvalue weighted by Crippen LogP contribution is 2.33. The highest BCUT2D eigenvalue weighted by Gasteiger charge is 2.38. The van der Waals surface area contributed by atoms with Crippen LogP contribution in [0.4, 0.5) is 5.69 Å². The third kappa shape index (κ3) is 2.20. The molecule has 2 N–H and O–H groups in total. The number of aromatic hydroxyl groups is 1. The summed E-state index contributed by atoms with van der Waals surface area (Å²) in [4.78, 5) is 29.0. The highest BCUT2D eigenvalue weighted by molar-refractivity contribution is 6.10. The number of carbonyl (C=O) groups is 2. The molecule has 1 unspecified atom stereocenters. The number of carboxylic acid groups (broad SMARTS) is 1. The monoisotopic (exact) mass is 284 g/mol. The first-order valence-corrected chi connectivity index (χ1v) is 6.36. The van der Waals surface area contributed by atoms with Gasteiger partial charge in [0.2, 0.25) is 0 Å². The maximum absolute atomic E-state index is 12.6. The van der Waals surface area contributed by atoms with Crippen molar-refractivity contribution in [2.24, 2.45) is 0 Å². The van der Waals surface area contributed by atoms with E-state index in [-0.39, 0.29) is 17.7 Å². The number of aliphatic carboxylic acids is 1. The molecule has 0 aliphatic carbocycles. The van der Waals surface area contributed by atoms with Gasteiger partial charge in [-0.3, -0.25) is 14.7 Å². The van der Waals surface area contributed by atoms with Crippen LogP contribution in [0.2, 0.25) is 0 Å². The lowest BCUT2D eigenvalue weighted by Gasteiger charge is -2.22. The number of aromatic nitrogens is 1. The lowest BCUT2D eigenvalue weighted by atomic mass is 10.1. The number of para-hydroxylation sites is 1. The van der Waals surface area contributed by atoms with Gasteiger partial charge in [-0.2, -0.15) is 0 Å². The smallest absolute Gasteiger partial charge is 0.327 e. The second kappa shape index (κ2) is 4.90. The molecule has 0 saturated heterocycles. The average molecular weight is 284 g/mol. The predicted octanol–water partition coefficient (Wildman–Crippen LogP) is 1.44. The molecule has 3 rings (SSSR count). The van der Waals surface area contributed by atoms with E-state index in [0.717, 1.165) is 5.56 Å². The zero-order valence-electron chi connectivity index (χ0n) is 10.9. The molecule has 0 spiro atoms. The molecule has 1 aromatic carbocycles. The van der Waals surface area contributed by atoms with Crippen LogP contribution in [0.5, 0.6) is 5.75 Å². The van der Waals surface area contributed by atoms with Crippen molar-refractivity contribution in [3.63, 3.8) is 0 Å². The maximum atomic E-state index is 12.6. The number of nitrogens with zero attached hydrogens (tertiary/aromatic N) is 2. The molecule has 2 aromatic rings. The molecule has 1 aromatic heterocycles. The molecule has 0 radical (unpaired) electrons. The van der Waals surface area contributed by atoms with Gasteiger partial charge in [0.05, 0.1) is 11.8 Å². The number of pyridine rings is 1. The van der Waals surface area contributed by atoms with E-state index in [0.29, 0.717) is 5.69 Å². The molecule has 21 heavy (non-hydrogen) atoms. The quantitative estimate of drug-likeness (QED) is 0.870. The van der Waals surface area contributed by atoms with Crippen molar-refractivity contribution >= 4 is 17.6 Å². The van der Waals surface area contributed by atoms with Gasteiger partial charge in [0, 0.05) is 18.3 Å². The van der Waals surface area contributed by atoms with Crippen LogP contribution in [0.25, 0.3) is 0 Å². The Morgan fingerprint density at radius 2 is 2.00 bits per heavy atom. The Bertz CT molecular complexity index is 729. The number of amides is 1. The van der Waals surface area contributed by atoms with Crippen LogP contribution >= 0.6 is 0 Å². The van der Waals surface area contributed by atoms with E-state index in [9.17, 15) is 19.8 Å². The van der Waals surface area contributed by atoms with Crippen LogP contribution in [0.15, 0.2) is 42.7 Å². The Kier molecular flexibility index (Phi) is 3.06. The summed E-state index contributed by atoms with van der Waals surface area (Å²) in [6, 6.07) is 7.41. The number of carboxylic acids is 1. The van der Waals surface area contributed by atoms with E-state index in [1.807, 2.05) is 6.07 Å². The van der Waals surface area contributed by atoms with Crippen LogP contribution in [0.1, 0.15) is 15.9 Å². The fraction of sp³-hybridized carbons (Fsp3) is 0.133. The first kappa shape index (κ1) is 13.1. The second-order valence-corrected chi connectivity index (χ2v) is 4.79. The minimum atomic E-state index is -1.06. The van der Waals surface area contributed by atoms with Crippen LogP contribution in [0, 0.1) is 0 Å². The minimum absolute atomic E-state index is 0.139. The van der Waals surface area contributed by atoms with Gasteiger partial charge in [-0.05, 0) is 17.7 Å². The molecule has 6 heteroatoms. The van der Waals surface area contributed by atoms with Crippen LogP contribution in [-0.2, 0) is 11.2 Å². The van der Waals surface area contributed by atoms with Crippen molar-refractivity contribution in [3.05, 3.63) is 53.9 Å². The molecule has 106 valence electrons. The van der Waals surface area contributed by atoms with Crippen molar-refractivity contribution in [2.75, 3.05) is 4.90 Å². The third-order valence-electron chi connectivity index (χ3n) is 3.45. The molecule has 1 aliphatic heterocycles. The fourth-order valence-corrected chi connectivity index (χ4v) is 2.52. The Morgan fingerprint density at radius 1 is 1.24 bits per heavy atom. The summed E-state index contributed by atoms with van der Waals surface area (Å²) in [7, 11) is 0. The van der Waals surface area contributed by atoms with Crippen LogP contribution in [0.3, 0.4) is 0 Å². The first-order valence-electron chi connectivity index (χ1n) is 6.36. The molecule has 0 bridgehead atoms. The topological polar surface area (TPSA) is 90.7 Å². The standard InChI is InChI=1S/C15H12N2O4/c18-11-5-10(7-16-8-11)14(19)17-12-4-2-1-3-9(12)6-13(17)15(20)21/h1-5,7-8,13,18H,6H2,(H,20,21). The fourth-order valence-electron chi connectivity index (χ4n) is 2.52. The van der Waals surface area contributed by atoms with E-state index in [1.165, 1.54) is 23.4 Å². The number of carbonyl (C=O) groups excluding carboxylic acids is 1. The van der Waals surface area contributed by atoms with Crippen molar-refractivity contribution in [1.82, 2.24) is 4.98 Å². The van der Waals surface area contributed by atoms with E-state index in [4.69, 9.17) is 0 Å². The summed E-state index contributed by atoms with van der Waals surface area (Å²) >= 11 is 0. The normalized spacial score (nSPS) is 16.6. The highest BCUT2D eigenvalue weighted by atomic mass is 16.4. The zero-order chi connectivity index (χ0) is 15.0. The molecule has 1 atom stereocenters. The van der Waals surface area contributed by atoms with Gasteiger partial charge in [-0.25, -0.2) is 4.79 Å². The zero-order valence-corrected chi connectivity index (χ0v) is 10.9. The number of fused-ring (bicyclic) bond motifs is 1. The van der Waals surface area contributed by atoms with E-state index >= 15 is 0 Å². The molecular weight excluding hydrogens is 272 g/mol. The number of benzene rings is 1. The van der Waals surface area contributed by atoms with Gasteiger partial charge in [0.25, 0.3) is 5.91 Å². The lowest BCUT2D eigenvalue weighted by Crippen LogP contribution is -2.42. The van der Waals surface area contributed by atoms with E-state index < -0.39 is 17.9 Å². The van der Waals surface area contributed by atoms with Crippen molar-refractivity contribution in [1.29, 1.82) is 0 Å².